The minimum absolute atomic E-state index is 0.498. The van der Waals surface area contributed by atoms with Crippen molar-refractivity contribution in [3.05, 3.63) is 52.6 Å². The van der Waals surface area contributed by atoms with Gasteiger partial charge in [0.05, 0.1) is 6.10 Å². The van der Waals surface area contributed by atoms with Gasteiger partial charge in [-0.25, -0.2) is 4.98 Å². The van der Waals surface area contributed by atoms with Gasteiger partial charge in [0.1, 0.15) is 5.03 Å². The number of aliphatic hydroxyl groups is 1. The van der Waals surface area contributed by atoms with Crippen LogP contribution in [0.4, 0.5) is 0 Å². The standard InChI is InChI=1S/C13H12BrNOS/c1-9(16)12-3-2-8-15-13(12)17-11-6-4-10(14)5-7-11/h2-9,16H,1H3/t9-/m0/s1. The molecule has 2 rings (SSSR count). The monoisotopic (exact) mass is 309 g/mol. The number of pyridine rings is 1. The molecule has 88 valence electrons. The molecule has 0 radical (unpaired) electrons. The van der Waals surface area contributed by atoms with Crippen LogP contribution in [0.3, 0.4) is 0 Å². The minimum atomic E-state index is -0.498. The van der Waals surface area contributed by atoms with E-state index in [4.69, 9.17) is 0 Å². The van der Waals surface area contributed by atoms with Crippen LogP contribution in [0.5, 0.6) is 0 Å². The smallest absolute Gasteiger partial charge is 0.106 e. The molecule has 2 nitrogen and oxygen atoms in total. The molecule has 0 amide bonds. The molecule has 0 saturated heterocycles. The van der Waals surface area contributed by atoms with Gasteiger partial charge in [-0.15, -0.1) is 0 Å². The third-order valence-electron chi connectivity index (χ3n) is 2.28. The summed E-state index contributed by atoms with van der Waals surface area (Å²) in [7, 11) is 0. The number of hydrogen-bond donors (Lipinski definition) is 1. The minimum Gasteiger partial charge on any atom is -0.389 e. The first-order valence-corrected chi connectivity index (χ1v) is 6.84. The average molecular weight is 310 g/mol. The van der Waals surface area contributed by atoms with Gasteiger partial charge in [-0.05, 0) is 37.3 Å². The van der Waals surface area contributed by atoms with Crippen LogP contribution in [0.25, 0.3) is 0 Å². The molecule has 0 unspecified atom stereocenters. The summed E-state index contributed by atoms with van der Waals surface area (Å²) in [5.74, 6) is 0. The lowest BCUT2D eigenvalue weighted by atomic mass is 10.2. The summed E-state index contributed by atoms with van der Waals surface area (Å²) in [5, 5.41) is 10.5. The molecule has 1 aromatic carbocycles. The number of nitrogens with zero attached hydrogens (tertiary/aromatic N) is 1. The molecule has 0 bridgehead atoms. The zero-order valence-corrected chi connectivity index (χ0v) is 11.7. The van der Waals surface area contributed by atoms with Crippen LogP contribution in [0.15, 0.2) is 57.0 Å². The van der Waals surface area contributed by atoms with Crippen molar-refractivity contribution in [2.24, 2.45) is 0 Å². The molecule has 1 N–H and O–H groups in total. The van der Waals surface area contributed by atoms with E-state index >= 15 is 0 Å². The Kier molecular flexibility index (Phi) is 4.20. The van der Waals surface area contributed by atoms with Gasteiger partial charge in [-0.3, -0.25) is 0 Å². The van der Waals surface area contributed by atoms with Gasteiger partial charge in [0, 0.05) is 21.1 Å². The van der Waals surface area contributed by atoms with E-state index in [1.807, 2.05) is 36.4 Å². The Labute approximate surface area is 113 Å². The van der Waals surface area contributed by atoms with Crippen LogP contribution < -0.4 is 0 Å². The summed E-state index contributed by atoms with van der Waals surface area (Å²) in [6.45, 7) is 1.75. The number of halogens is 1. The maximum Gasteiger partial charge on any atom is 0.106 e. The molecule has 0 aliphatic carbocycles. The van der Waals surface area contributed by atoms with Crippen LogP contribution in [-0.2, 0) is 0 Å². The molecule has 1 heterocycles. The van der Waals surface area contributed by atoms with Crippen molar-refractivity contribution < 1.29 is 5.11 Å². The van der Waals surface area contributed by atoms with Crippen LogP contribution in [0.1, 0.15) is 18.6 Å². The lowest BCUT2D eigenvalue weighted by molar-refractivity contribution is 0.195. The van der Waals surface area contributed by atoms with Crippen LogP contribution >= 0.6 is 27.7 Å². The highest BCUT2D eigenvalue weighted by molar-refractivity contribution is 9.10. The van der Waals surface area contributed by atoms with Gasteiger partial charge < -0.3 is 5.11 Å². The molecular weight excluding hydrogens is 298 g/mol. The number of rotatable bonds is 3. The van der Waals surface area contributed by atoms with E-state index in [1.165, 1.54) is 0 Å². The second-order valence-electron chi connectivity index (χ2n) is 3.63. The van der Waals surface area contributed by atoms with Crippen LogP contribution in [-0.4, -0.2) is 10.1 Å². The first-order chi connectivity index (χ1) is 8.16. The predicted molar refractivity (Wildman–Crippen MR) is 73.1 cm³/mol. The van der Waals surface area contributed by atoms with Crippen molar-refractivity contribution in [1.29, 1.82) is 0 Å². The van der Waals surface area contributed by atoms with E-state index in [9.17, 15) is 5.11 Å². The van der Waals surface area contributed by atoms with E-state index in [2.05, 4.69) is 20.9 Å². The average Bonchev–Trinajstić information content (AvgIpc) is 2.32. The Hall–Kier alpha value is -0.840. The van der Waals surface area contributed by atoms with Gasteiger partial charge >= 0.3 is 0 Å². The second kappa shape index (κ2) is 5.67. The lowest BCUT2D eigenvalue weighted by Crippen LogP contribution is -1.95. The largest absolute Gasteiger partial charge is 0.389 e. The van der Waals surface area contributed by atoms with Crippen molar-refractivity contribution in [3.8, 4) is 0 Å². The van der Waals surface area contributed by atoms with Crippen molar-refractivity contribution >= 4 is 27.7 Å². The molecule has 0 fully saturated rings. The van der Waals surface area contributed by atoms with Gasteiger partial charge in [-0.1, -0.05) is 33.8 Å². The van der Waals surface area contributed by atoms with E-state index in [0.717, 1.165) is 20.0 Å². The van der Waals surface area contributed by atoms with Crippen molar-refractivity contribution in [2.45, 2.75) is 22.9 Å². The van der Waals surface area contributed by atoms with Crippen molar-refractivity contribution in [3.63, 3.8) is 0 Å². The summed E-state index contributed by atoms with van der Waals surface area (Å²) in [6.07, 6.45) is 1.24. The molecular formula is C13H12BrNOS. The second-order valence-corrected chi connectivity index (χ2v) is 5.61. The Morgan fingerprint density at radius 3 is 2.59 bits per heavy atom. The van der Waals surface area contributed by atoms with Crippen molar-refractivity contribution in [2.75, 3.05) is 0 Å². The van der Waals surface area contributed by atoms with Crippen LogP contribution in [0, 0.1) is 0 Å². The van der Waals surface area contributed by atoms with Gasteiger partial charge in [-0.2, -0.15) is 0 Å². The topological polar surface area (TPSA) is 33.1 Å². The first-order valence-electron chi connectivity index (χ1n) is 5.23. The molecule has 0 aliphatic heterocycles. The molecule has 0 saturated carbocycles. The molecule has 1 atom stereocenters. The number of hydrogen-bond acceptors (Lipinski definition) is 3. The molecule has 0 aliphatic rings. The third-order valence-corrected chi connectivity index (χ3v) is 3.85. The zero-order valence-electron chi connectivity index (χ0n) is 9.30. The normalized spacial score (nSPS) is 12.4. The maximum absolute atomic E-state index is 9.67. The molecule has 17 heavy (non-hydrogen) atoms. The highest BCUT2D eigenvalue weighted by Crippen LogP contribution is 2.31. The van der Waals surface area contributed by atoms with Gasteiger partial charge in [0.15, 0.2) is 0 Å². The van der Waals surface area contributed by atoms with Crippen LogP contribution in [0.2, 0.25) is 0 Å². The lowest BCUT2D eigenvalue weighted by Gasteiger charge is -2.09. The predicted octanol–water partition coefficient (Wildman–Crippen LogP) is 4.05. The van der Waals surface area contributed by atoms with E-state index in [1.54, 1.807) is 24.9 Å². The Bertz CT molecular complexity index is 499. The summed E-state index contributed by atoms with van der Waals surface area (Å²) < 4.78 is 1.05. The summed E-state index contributed by atoms with van der Waals surface area (Å²) in [5.41, 5.74) is 0.861. The third kappa shape index (κ3) is 3.31. The van der Waals surface area contributed by atoms with E-state index in [-0.39, 0.29) is 0 Å². The Morgan fingerprint density at radius 1 is 1.24 bits per heavy atom. The summed E-state index contributed by atoms with van der Waals surface area (Å²) in [4.78, 5) is 5.41. The number of aliphatic hydroxyl groups excluding tert-OH is 1. The zero-order chi connectivity index (χ0) is 12.3. The van der Waals surface area contributed by atoms with Crippen molar-refractivity contribution in [1.82, 2.24) is 4.98 Å². The fourth-order valence-electron chi connectivity index (χ4n) is 1.42. The Balaban J connectivity index is 2.26. The van der Waals surface area contributed by atoms with Gasteiger partial charge in [0.25, 0.3) is 0 Å². The summed E-state index contributed by atoms with van der Waals surface area (Å²) in [6, 6.07) is 11.8. The highest BCUT2D eigenvalue weighted by atomic mass is 79.9. The molecule has 0 spiro atoms. The fourth-order valence-corrected chi connectivity index (χ4v) is 2.65. The molecule has 4 heteroatoms. The Morgan fingerprint density at radius 2 is 1.94 bits per heavy atom. The molecule has 2 aromatic rings. The fraction of sp³-hybridized carbons (Fsp3) is 0.154. The number of benzene rings is 1. The highest BCUT2D eigenvalue weighted by Gasteiger charge is 2.09. The number of aromatic nitrogens is 1. The first kappa shape index (κ1) is 12.6. The SMILES string of the molecule is C[C@H](O)c1cccnc1Sc1ccc(Br)cc1. The summed E-state index contributed by atoms with van der Waals surface area (Å²) >= 11 is 4.96. The van der Waals surface area contributed by atoms with Gasteiger partial charge in [0.2, 0.25) is 0 Å². The van der Waals surface area contributed by atoms with E-state index < -0.39 is 6.10 Å². The maximum atomic E-state index is 9.67. The van der Waals surface area contributed by atoms with E-state index in [0.29, 0.717) is 0 Å². The molecule has 1 aromatic heterocycles. The quantitative estimate of drug-likeness (QED) is 0.928.